The second-order valence-electron chi connectivity index (χ2n) is 2.28. The van der Waals surface area contributed by atoms with Gasteiger partial charge in [0.1, 0.15) is 5.75 Å². The smallest absolute Gasteiger partial charge is 0.338 e. The number of hydrogen-bond acceptors (Lipinski definition) is 3. The number of aromatic hydroxyl groups is 1. The van der Waals surface area contributed by atoms with Crippen molar-refractivity contribution in [2.24, 2.45) is 0 Å². The highest BCUT2D eigenvalue weighted by atomic mass is 35.5. The average Bonchev–Trinajstić information content (AvgIpc) is 2.07. The summed E-state index contributed by atoms with van der Waals surface area (Å²) < 4.78 is 0. The van der Waals surface area contributed by atoms with Crippen LogP contribution in [0, 0.1) is 0 Å². The molecular weight excluding hydrogens is 196 g/mol. The number of benzene rings is 1. The molecule has 0 bridgehead atoms. The summed E-state index contributed by atoms with van der Waals surface area (Å²) in [4.78, 5) is 21.0. The van der Waals surface area contributed by atoms with Gasteiger partial charge in [-0.05, 0) is 12.1 Å². The highest BCUT2D eigenvalue weighted by Crippen LogP contribution is 2.26. The lowest BCUT2D eigenvalue weighted by Gasteiger charge is -2.03. The Labute approximate surface area is 78.4 Å². The van der Waals surface area contributed by atoms with E-state index in [1.807, 2.05) is 0 Å². The Morgan fingerprint density at radius 3 is 2.46 bits per heavy atom. The molecule has 13 heavy (non-hydrogen) atoms. The third-order valence-corrected chi connectivity index (χ3v) is 1.82. The molecule has 0 saturated heterocycles. The third-order valence-electron chi connectivity index (χ3n) is 1.50. The first-order valence-electron chi connectivity index (χ1n) is 3.28. The number of phenols is 1. The van der Waals surface area contributed by atoms with Crippen molar-refractivity contribution in [3.8, 4) is 5.75 Å². The molecule has 0 atom stereocenters. The fraction of sp³-hybridized carbons (Fsp3) is 0. The van der Waals surface area contributed by atoms with E-state index in [0.29, 0.717) is 0 Å². The molecule has 0 aliphatic carbocycles. The van der Waals surface area contributed by atoms with Crippen LogP contribution in [0.3, 0.4) is 0 Å². The number of halogens is 1. The highest BCUT2D eigenvalue weighted by Gasteiger charge is 2.17. The number of phenolic OH excluding ortho intramolecular Hbond substituents is 1. The van der Waals surface area contributed by atoms with Crippen LogP contribution in [0.2, 0.25) is 5.02 Å². The van der Waals surface area contributed by atoms with Crippen LogP contribution in [0.25, 0.3) is 0 Å². The van der Waals surface area contributed by atoms with Gasteiger partial charge in [-0.3, -0.25) is 4.79 Å². The monoisotopic (exact) mass is 200 g/mol. The number of carbonyl (C=O) groups is 2. The Morgan fingerprint density at radius 2 is 2.08 bits per heavy atom. The average molecular weight is 201 g/mol. The van der Waals surface area contributed by atoms with Crippen molar-refractivity contribution >= 4 is 23.9 Å². The Balaban J connectivity index is 3.52. The van der Waals surface area contributed by atoms with Gasteiger partial charge >= 0.3 is 5.97 Å². The van der Waals surface area contributed by atoms with Crippen molar-refractivity contribution in [2.75, 3.05) is 0 Å². The zero-order chi connectivity index (χ0) is 10.0. The molecule has 2 N–H and O–H groups in total. The number of carboxylic acids is 1. The third kappa shape index (κ3) is 1.62. The van der Waals surface area contributed by atoms with E-state index in [9.17, 15) is 9.59 Å². The van der Waals surface area contributed by atoms with Crippen LogP contribution in [0.1, 0.15) is 20.7 Å². The van der Waals surface area contributed by atoms with Gasteiger partial charge in [0.05, 0.1) is 16.1 Å². The minimum atomic E-state index is -1.34. The number of carboxylic acid groups (broad SMARTS) is 1. The number of carbonyl (C=O) groups excluding carboxylic acids is 1. The van der Waals surface area contributed by atoms with E-state index in [1.165, 1.54) is 12.1 Å². The molecule has 0 aliphatic heterocycles. The molecule has 5 heteroatoms. The van der Waals surface area contributed by atoms with Crippen LogP contribution in [-0.4, -0.2) is 22.5 Å². The largest absolute Gasteiger partial charge is 0.507 e. The van der Waals surface area contributed by atoms with Gasteiger partial charge in [-0.2, -0.15) is 0 Å². The number of aromatic carboxylic acids is 1. The maximum Gasteiger partial charge on any atom is 0.338 e. The standard InChI is InChI=1S/C8H5ClO4/c9-5-1-2-6(11)4(3-10)7(5)8(12)13/h1-3,11H,(H,12,13). The van der Waals surface area contributed by atoms with Crippen molar-refractivity contribution in [2.45, 2.75) is 0 Å². The van der Waals surface area contributed by atoms with Crippen LogP contribution in [-0.2, 0) is 0 Å². The molecule has 0 unspecified atom stereocenters. The first-order valence-corrected chi connectivity index (χ1v) is 3.65. The van der Waals surface area contributed by atoms with Gasteiger partial charge in [-0.15, -0.1) is 0 Å². The lowest BCUT2D eigenvalue weighted by molar-refractivity contribution is 0.0693. The minimum absolute atomic E-state index is 0.0765. The normalized spacial score (nSPS) is 9.62. The molecule has 0 heterocycles. The molecule has 0 aromatic heterocycles. The van der Waals surface area contributed by atoms with E-state index < -0.39 is 11.7 Å². The zero-order valence-corrected chi connectivity index (χ0v) is 7.08. The van der Waals surface area contributed by atoms with Gasteiger partial charge in [0.15, 0.2) is 6.29 Å². The van der Waals surface area contributed by atoms with Crippen LogP contribution in [0.4, 0.5) is 0 Å². The van der Waals surface area contributed by atoms with Crippen LogP contribution < -0.4 is 0 Å². The van der Waals surface area contributed by atoms with E-state index in [0.717, 1.165) is 0 Å². The minimum Gasteiger partial charge on any atom is -0.507 e. The van der Waals surface area contributed by atoms with Gasteiger partial charge in [0.25, 0.3) is 0 Å². The van der Waals surface area contributed by atoms with Gasteiger partial charge in [-0.1, -0.05) is 11.6 Å². The maximum atomic E-state index is 10.6. The first-order chi connectivity index (χ1) is 6.07. The van der Waals surface area contributed by atoms with Gasteiger partial charge in [0.2, 0.25) is 0 Å². The number of rotatable bonds is 2. The van der Waals surface area contributed by atoms with E-state index in [-0.39, 0.29) is 22.4 Å². The molecule has 0 spiro atoms. The SMILES string of the molecule is O=Cc1c(O)ccc(Cl)c1C(=O)O. The number of aldehydes is 1. The second kappa shape index (κ2) is 3.45. The quantitative estimate of drug-likeness (QED) is 0.711. The van der Waals surface area contributed by atoms with Crippen molar-refractivity contribution in [1.29, 1.82) is 0 Å². The van der Waals surface area contributed by atoms with Crippen molar-refractivity contribution < 1.29 is 19.8 Å². The molecular formula is C8H5ClO4. The molecule has 4 nitrogen and oxygen atoms in total. The summed E-state index contributed by atoms with van der Waals surface area (Å²) in [7, 11) is 0. The summed E-state index contributed by atoms with van der Waals surface area (Å²) >= 11 is 5.52. The van der Waals surface area contributed by atoms with E-state index in [4.69, 9.17) is 21.8 Å². The highest BCUT2D eigenvalue weighted by molar-refractivity contribution is 6.34. The lowest BCUT2D eigenvalue weighted by Crippen LogP contribution is -2.03. The Bertz CT molecular complexity index is 373. The van der Waals surface area contributed by atoms with Crippen molar-refractivity contribution in [3.05, 3.63) is 28.3 Å². The van der Waals surface area contributed by atoms with Crippen LogP contribution >= 0.6 is 11.6 Å². The van der Waals surface area contributed by atoms with Gasteiger partial charge in [-0.25, -0.2) is 4.79 Å². The topological polar surface area (TPSA) is 74.6 Å². The molecule has 0 fully saturated rings. The van der Waals surface area contributed by atoms with E-state index in [2.05, 4.69) is 0 Å². The molecule has 1 aromatic carbocycles. The molecule has 0 aliphatic rings. The van der Waals surface area contributed by atoms with Gasteiger partial charge in [0, 0.05) is 0 Å². The summed E-state index contributed by atoms with van der Waals surface area (Å²) in [6, 6.07) is 2.38. The Morgan fingerprint density at radius 1 is 1.46 bits per heavy atom. The Hall–Kier alpha value is -1.55. The summed E-state index contributed by atoms with van der Waals surface area (Å²) in [6.45, 7) is 0. The fourth-order valence-electron chi connectivity index (χ4n) is 0.919. The summed E-state index contributed by atoms with van der Waals surface area (Å²) in [5.41, 5.74) is -0.684. The predicted octanol–water partition coefficient (Wildman–Crippen LogP) is 1.56. The van der Waals surface area contributed by atoms with Gasteiger partial charge < -0.3 is 10.2 Å². The summed E-state index contributed by atoms with van der Waals surface area (Å²) in [6.07, 6.45) is 0.255. The molecule has 0 saturated carbocycles. The second-order valence-corrected chi connectivity index (χ2v) is 2.69. The molecule has 1 rings (SSSR count). The first kappa shape index (κ1) is 9.54. The van der Waals surface area contributed by atoms with Crippen LogP contribution in [0.5, 0.6) is 5.75 Å². The molecule has 68 valence electrons. The molecule has 1 aromatic rings. The summed E-state index contributed by atoms with van der Waals surface area (Å²) in [5, 5.41) is 17.7. The maximum absolute atomic E-state index is 10.6. The molecule has 0 amide bonds. The van der Waals surface area contributed by atoms with Crippen molar-refractivity contribution in [1.82, 2.24) is 0 Å². The fourth-order valence-corrected chi connectivity index (χ4v) is 1.16. The molecule has 0 radical (unpaired) electrons. The van der Waals surface area contributed by atoms with E-state index in [1.54, 1.807) is 0 Å². The Kier molecular flexibility index (Phi) is 2.53. The summed E-state index contributed by atoms with van der Waals surface area (Å²) in [5.74, 6) is -1.74. The van der Waals surface area contributed by atoms with E-state index >= 15 is 0 Å². The lowest BCUT2D eigenvalue weighted by atomic mass is 10.1. The van der Waals surface area contributed by atoms with Crippen molar-refractivity contribution in [3.63, 3.8) is 0 Å². The van der Waals surface area contributed by atoms with Crippen LogP contribution in [0.15, 0.2) is 12.1 Å². The predicted molar refractivity (Wildman–Crippen MR) is 45.5 cm³/mol. The zero-order valence-electron chi connectivity index (χ0n) is 6.32. The number of hydrogen-bond donors (Lipinski definition) is 2.